The Morgan fingerprint density at radius 3 is 2.23 bits per heavy atom. The molecule has 0 atom stereocenters. The summed E-state index contributed by atoms with van der Waals surface area (Å²) in [7, 11) is 0. The van der Waals surface area contributed by atoms with Crippen molar-refractivity contribution >= 4 is 60.0 Å². The van der Waals surface area contributed by atoms with Crippen LogP contribution in [0.15, 0.2) is 95.5 Å². The lowest BCUT2D eigenvalue weighted by Crippen LogP contribution is -2.13. The molecule has 4 aromatic heterocycles. The van der Waals surface area contributed by atoms with Gasteiger partial charge in [0.15, 0.2) is 0 Å². The summed E-state index contributed by atoms with van der Waals surface area (Å²) in [4.78, 5) is 4.64. The molecule has 4 aromatic carbocycles. The predicted octanol–water partition coefficient (Wildman–Crippen LogP) is 10.2. The molecule has 0 unspecified atom stereocenters. The molecule has 190 valence electrons. The van der Waals surface area contributed by atoms with Crippen LogP contribution in [-0.2, 0) is 0 Å². The van der Waals surface area contributed by atoms with Crippen LogP contribution < -0.4 is 0 Å². The number of hydrogen-bond donors (Lipinski definition) is 0. The van der Waals surface area contributed by atoms with Crippen molar-refractivity contribution in [3.05, 3.63) is 96.7 Å². The van der Waals surface area contributed by atoms with E-state index in [9.17, 15) is 0 Å². The molecule has 4 heterocycles. The van der Waals surface area contributed by atoms with Gasteiger partial charge in [0, 0.05) is 38.7 Å². The fraction of sp³-hybridized carbons (Fsp3) is 0.194. The molecule has 39 heavy (non-hydrogen) atoms. The molecule has 0 aliphatic carbocycles. The van der Waals surface area contributed by atoms with Crippen molar-refractivity contribution < 1.29 is 4.42 Å². The van der Waals surface area contributed by atoms with E-state index in [-0.39, 0.29) is 0 Å². The molecule has 8 aromatic rings. The van der Waals surface area contributed by atoms with Gasteiger partial charge in [-0.15, -0.1) is 0 Å². The van der Waals surface area contributed by atoms with Crippen LogP contribution in [0.25, 0.3) is 71.3 Å². The highest BCUT2D eigenvalue weighted by molar-refractivity contribution is 6.30. The minimum absolute atomic E-state index is 0.460. The van der Waals surface area contributed by atoms with Crippen LogP contribution in [0.2, 0.25) is 0 Å². The van der Waals surface area contributed by atoms with Gasteiger partial charge in [-0.25, -0.2) is 0 Å². The van der Waals surface area contributed by atoms with E-state index in [1.54, 1.807) is 0 Å². The molecule has 0 aliphatic heterocycles. The molecule has 0 saturated heterocycles. The summed E-state index contributed by atoms with van der Waals surface area (Å²) in [6, 6.07) is 30.7. The monoisotopic (exact) mass is 506 g/mol. The molecule has 0 spiro atoms. The summed E-state index contributed by atoms with van der Waals surface area (Å²) >= 11 is 0. The molecule has 3 heteroatoms. The van der Waals surface area contributed by atoms with Crippen LogP contribution in [0.5, 0.6) is 0 Å². The number of para-hydroxylation sites is 1. The van der Waals surface area contributed by atoms with Gasteiger partial charge >= 0.3 is 0 Å². The molecule has 0 N–H and O–H groups in total. The van der Waals surface area contributed by atoms with Gasteiger partial charge < -0.3 is 8.82 Å². The van der Waals surface area contributed by atoms with Gasteiger partial charge in [0.25, 0.3) is 0 Å². The van der Waals surface area contributed by atoms with Gasteiger partial charge in [-0.3, -0.25) is 4.98 Å². The average molecular weight is 507 g/mol. The van der Waals surface area contributed by atoms with E-state index in [4.69, 9.17) is 4.42 Å². The van der Waals surface area contributed by atoms with Gasteiger partial charge in [0.2, 0.25) is 0 Å². The quantitative estimate of drug-likeness (QED) is 0.238. The molecular formula is C36H30N2O. The number of nitrogens with zero attached hydrogens (tertiary/aromatic N) is 2. The lowest BCUT2D eigenvalue weighted by molar-refractivity contribution is 0.388. The summed E-state index contributed by atoms with van der Waals surface area (Å²) in [6.45, 7) is 9.40. The van der Waals surface area contributed by atoms with Gasteiger partial charge in [-0.05, 0) is 77.9 Å². The van der Waals surface area contributed by atoms with Gasteiger partial charge in [0.05, 0.1) is 27.6 Å². The Morgan fingerprint density at radius 1 is 0.667 bits per heavy atom. The van der Waals surface area contributed by atoms with Crippen molar-refractivity contribution in [2.45, 2.75) is 33.6 Å². The van der Waals surface area contributed by atoms with E-state index in [0.717, 1.165) is 22.4 Å². The molecule has 0 aliphatic rings. The molecule has 0 bridgehead atoms. The standard InChI is InChI=1S/C36H30N2O/c1-20(2)33(21(3)4)23-18-27-26-17-22(29-10-7-8-16-37-29)12-14-30(26)38-31-15-13-25-24-9-5-6-11-32(24)39-36(25)34(31)28(19-23)35(27)38/h5-21,33H,1-4H3. The first kappa shape index (κ1) is 22.6. The maximum Gasteiger partial charge on any atom is 0.145 e. The summed E-state index contributed by atoms with van der Waals surface area (Å²) in [6.07, 6.45) is 1.87. The second-order valence-corrected chi connectivity index (χ2v) is 11.7. The summed E-state index contributed by atoms with van der Waals surface area (Å²) < 4.78 is 9.04. The molecule has 0 saturated carbocycles. The number of pyridine rings is 1. The highest BCUT2D eigenvalue weighted by atomic mass is 16.3. The predicted molar refractivity (Wildman–Crippen MR) is 164 cm³/mol. The third-order valence-corrected chi connectivity index (χ3v) is 8.70. The van der Waals surface area contributed by atoms with E-state index < -0.39 is 0 Å². The van der Waals surface area contributed by atoms with E-state index in [0.29, 0.717) is 17.8 Å². The summed E-state index contributed by atoms with van der Waals surface area (Å²) in [5.74, 6) is 1.53. The van der Waals surface area contributed by atoms with Crippen molar-refractivity contribution in [3.63, 3.8) is 0 Å². The summed E-state index contributed by atoms with van der Waals surface area (Å²) in [5.41, 5.74) is 9.18. The van der Waals surface area contributed by atoms with Crippen LogP contribution >= 0.6 is 0 Å². The van der Waals surface area contributed by atoms with Gasteiger partial charge in [0.1, 0.15) is 11.2 Å². The minimum Gasteiger partial charge on any atom is -0.455 e. The zero-order chi connectivity index (χ0) is 26.4. The molecule has 8 rings (SSSR count). The Morgan fingerprint density at radius 2 is 1.44 bits per heavy atom. The normalized spacial score (nSPS) is 12.8. The lowest BCUT2D eigenvalue weighted by atomic mass is 9.79. The van der Waals surface area contributed by atoms with E-state index in [2.05, 4.69) is 116 Å². The van der Waals surface area contributed by atoms with Gasteiger partial charge in [-0.1, -0.05) is 58.0 Å². The average Bonchev–Trinajstić information content (AvgIpc) is 3.59. The highest BCUT2D eigenvalue weighted by Crippen LogP contribution is 2.46. The first-order valence-electron chi connectivity index (χ1n) is 14.0. The second-order valence-electron chi connectivity index (χ2n) is 11.7. The first-order valence-corrected chi connectivity index (χ1v) is 14.0. The number of furan rings is 1. The Hall–Kier alpha value is -4.37. The van der Waals surface area contributed by atoms with E-state index in [1.807, 2.05) is 12.3 Å². The largest absolute Gasteiger partial charge is 0.455 e. The van der Waals surface area contributed by atoms with Crippen molar-refractivity contribution in [1.82, 2.24) is 9.38 Å². The summed E-state index contributed by atoms with van der Waals surface area (Å²) in [5, 5.41) is 7.43. The third kappa shape index (κ3) is 3.07. The van der Waals surface area contributed by atoms with Crippen LogP contribution in [0.3, 0.4) is 0 Å². The number of aromatic nitrogens is 2. The number of rotatable bonds is 4. The zero-order valence-corrected chi connectivity index (χ0v) is 22.7. The maximum absolute atomic E-state index is 6.59. The zero-order valence-electron chi connectivity index (χ0n) is 22.7. The second kappa shape index (κ2) is 8.07. The third-order valence-electron chi connectivity index (χ3n) is 8.70. The Bertz CT molecular complexity index is 2170. The minimum atomic E-state index is 0.460. The molecule has 0 radical (unpaired) electrons. The fourth-order valence-electron chi connectivity index (χ4n) is 7.26. The number of fused-ring (bicyclic) bond motifs is 10. The number of hydrogen-bond acceptors (Lipinski definition) is 2. The van der Waals surface area contributed by atoms with Crippen LogP contribution in [0.1, 0.15) is 39.2 Å². The first-order chi connectivity index (χ1) is 19.0. The van der Waals surface area contributed by atoms with Crippen molar-refractivity contribution in [2.24, 2.45) is 11.8 Å². The van der Waals surface area contributed by atoms with Crippen LogP contribution in [-0.4, -0.2) is 9.38 Å². The van der Waals surface area contributed by atoms with Crippen molar-refractivity contribution in [1.29, 1.82) is 0 Å². The SMILES string of the molecule is CC(C)C(c1cc2c3cc(-c4ccccn4)ccc3n3c4ccc5c6ccccc6oc5c4c(c1)c23)C(C)C. The van der Waals surface area contributed by atoms with Gasteiger partial charge in [-0.2, -0.15) is 0 Å². The Balaban J connectivity index is 1.57. The van der Waals surface area contributed by atoms with E-state index in [1.165, 1.54) is 54.4 Å². The molecule has 0 fully saturated rings. The smallest absolute Gasteiger partial charge is 0.145 e. The highest BCUT2D eigenvalue weighted by Gasteiger charge is 2.26. The fourth-order valence-corrected chi connectivity index (χ4v) is 7.26. The van der Waals surface area contributed by atoms with Crippen LogP contribution in [0.4, 0.5) is 0 Å². The molecule has 3 nitrogen and oxygen atoms in total. The van der Waals surface area contributed by atoms with E-state index >= 15 is 0 Å². The van der Waals surface area contributed by atoms with Crippen LogP contribution in [0, 0.1) is 11.8 Å². The lowest BCUT2D eigenvalue weighted by Gasteiger charge is -2.25. The molecule has 0 amide bonds. The van der Waals surface area contributed by atoms with Crippen molar-refractivity contribution in [3.8, 4) is 11.3 Å². The Labute approximate surface area is 227 Å². The van der Waals surface area contributed by atoms with Crippen molar-refractivity contribution in [2.75, 3.05) is 0 Å². The molecular weight excluding hydrogens is 476 g/mol. The number of benzene rings is 4. The topological polar surface area (TPSA) is 30.4 Å². The maximum atomic E-state index is 6.59. The Kier molecular flexibility index (Phi) is 4.67.